The minimum atomic E-state index is -1.02. The summed E-state index contributed by atoms with van der Waals surface area (Å²) < 4.78 is 11.7. The molecule has 0 radical (unpaired) electrons. The van der Waals surface area contributed by atoms with Gasteiger partial charge in [-0.25, -0.2) is 9.97 Å². The van der Waals surface area contributed by atoms with Crippen molar-refractivity contribution in [3.05, 3.63) is 106 Å². The minimum absolute atomic E-state index is 0.0627. The van der Waals surface area contributed by atoms with Crippen LogP contribution in [0.1, 0.15) is 44.7 Å². The van der Waals surface area contributed by atoms with Crippen LogP contribution in [0.5, 0.6) is 5.75 Å². The first kappa shape index (κ1) is 37.3. The molecule has 3 aromatic carbocycles. The fraction of sp³-hybridized carbons (Fsp3) is 0.317. The van der Waals surface area contributed by atoms with E-state index in [9.17, 15) is 19.2 Å². The number of hydrogen-bond acceptors (Lipinski definition) is 11. The van der Waals surface area contributed by atoms with E-state index in [1.165, 1.54) is 5.56 Å². The zero-order valence-electron chi connectivity index (χ0n) is 30.6. The topological polar surface area (TPSA) is 162 Å². The highest BCUT2D eigenvalue weighted by molar-refractivity contribution is 6.31. The van der Waals surface area contributed by atoms with Gasteiger partial charge in [0.25, 0.3) is 11.8 Å². The van der Waals surface area contributed by atoms with Crippen LogP contribution in [0.4, 0.5) is 5.82 Å². The Morgan fingerprint density at radius 1 is 0.857 bits per heavy atom. The number of fused-ring (bicyclic) bond motifs is 2. The number of hydrogen-bond donors (Lipinski definition) is 3. The Labute approximate surface area is 328 Å². The number of imide groups is 2. The molecule has 288 valence electrons. The number of ether oxygens (including phenoxy) is 2. The van der Waals surface area contributed by atoms with Crippen molar-refractivity contribution in [3.63, 3.8) is 0 Å². The summed E-state index contributed by atoms with van der Waals surface area (Å²) in [7, 11) is 0. The second kappa shape index (κ2) is 16.6. The number of carbonyl (C=O) groups is 4. The fourth-order valence-corrected chi connectivity index (χ4v) is 7.59. The number of rotatable bonds is 14. The number of aromatic amines is 1. The van der Waals surface area contributed by atoms with Gasteiger partial charge in [-0.15, -0.1) is 0 Å². The van der Waals surface area contributed by atoms with Crippen LogP contribution in [0.15, 0.2) is 79.1 Å². The predicted molar refractivity (Wildman–Crippen MR) is 209 cm³/mol. The molecule has 14 nitrogen and oxygen atoms in total. The zero-order chi connectivity index (χ0) is 38.6. The van der Waals surface area contributed by atoms with Crippen LogP contribution in [-0.4, -0.2) is 112 Å². The third-order valence-corrected chi connectivity index (χ3v) is 10.8. The van der Waals surface area contributed by atoms with E-state index >= 15 is 0 Å². The smallest absolute Gasteiger partial charge is 0.266 e. The molecular weight excluding hydrogens is 736 g/mol. The number of H-pyrrole nitrogens is 1. The van der Waals surface area contributed by atoms with E-state index in [-0.39, 0.29) is 36.3 Å². The van der Waals surface area contributed by atoms with Gasteiger partial charge in [0.2, 0.25) is 11.8 Å². The summed E-state index contributed by atoms with van der Waals surface area (Å²) >= 11 is 6.34. The number of aromatic nitrogens is 3. The largest absolute Gasteiger partial charge is 0.490 e. The molecule has 0 bridgehead atoms. The lowest BCUT2D eigenvalue weighted by Gasteiger charge is -2.34. The molecule has 15 heteroatoms. The number of piperidine rings is 1. The normalized spacial score (nSPS) is 17.7. The third-order valence-electron chi connectivity index (χ3n) is 10.4. The second-order valence-electron chi connectivity index (χ2n) is 14.0. The number of halogens is 1. The molecule has 0 spiro atoms. The number of carbonyl (C=O) groups excluding carboxylic acids is 4. The molecule has 5 heterocycles. The number of amides is 4. The number of nitrogens with one attached hydrogen (secondary N) is 3. The molecule has 4 amide bonds. The van der Waals surface area contributed by atoms with Crippen LogP contribution in [-0.2, 0) is 27.4 Å². The zero-order valence-corrected chi connectivity index (χ0v) is 31.4. The third kappa shape index (κ3) is 8.00. The van der Waals surface area contributed by atoms with Gasteiger partial charge in [-0.1, -0.05) is 60.1 Å². The van der Waals surface area contributed by atoms with Crippen LogP contribution < -0.4 is 15.4 Å². The molecule has 1 unspecified atom stereocenters. The van der Waals surface area contributed by atoms with Crippen LogP contribution >= 0.6 is 11.6 Å². The summed E-state index contributed by atoms with van der Waals surface area (Å²) in [6, 6.07) is 22.3. The summed E-state index contributed by atoms with van der Waals surface area (Å²) in [5.41, 5.74) is 5.39. The maximum absolute atomic E-state index is 13.3. The molecular formula is C41H41ClN8O6. The van der Waals surface area contributed by atoms with Crippen LogP contribution in [0, 0.1) is 0 Å². The maximum atomic E-state index is 13.3. The lowest BCUT2D eigenvalue weighted by atomic mass is 10.0. The first-order chi connectivity index (χ1) is 27.3. The molecule has 3 aliphatic rings. The molecule has 3 N–H and O–H groups in total. The molecule has 2 aromatic heterocycles. The van der Waals surface area contributed by atoms with E-state index in [0.717, 1.165) is 77.8 Å². The van der Waals surface area contributed by atoms with Crippen LogP contribution in [0.3, 0.4) is 0 Å². The highest BCUT2D eigenvalue weighted by Gasteiger charge is 2.46. The van der Waals surface area contributed by atoms with Gasteiger partial charge in [-0.05, 0) is 47.4 Å². The van der Waals surface area contributed by atoms with Crippen LogP contribution in [0.25, 0.3) is 22.3 Å². The van der Waals surface area contributed by atoms with Gasteiger partial charge in [0.15, 0.2) is 0 Å². The Balaban J connectivity index is 0.756. The molecule has 5 aromatic rings. The quantitative estimate of drug-likeness (QED) is 0.108. The monoisotopic (exact) mass is 776 g/mol. The number of piperazine rings is 1. The lowest BCUT2D eigenvalue weighted by Crippen LogP contribution is -2.54. The van der Waals surface area contributed by atoms with Crippen molar-refractivity contribution in [2.45, 2.75) is 32.0 Å². The average Bonchev–Trinajstić information content (AvgIpc) is 3.76. The molecule has 3 aliphatic heterocycles. The highest BCUT2D eigenvalue weighted by atomic mass is 35.5. The Kier molecular flexibility index (Phi) is 11.0. The van der Waals surface area contributed by atoms with E-state index in [1.807, 2.05) is 24.3 Å². The van der Waals surface area contributed by atoms with Crippen molar-refractivity contribution in [2.24, 2.45) is 0 Å². The van der Waals surface area contributed by atoms with Gasteiger partial charge in [-0.2, -0.15) is 0 Å². The standard InChI is InChI=1S/C41H41ClN8O6/c42-31-6-2-1-4-28(31)23-43-37-30-22-32(46-38(30)45-25-44-37)27-10-8-26(9-11-27)24-49-16-14-48(15-17-49)18-19-55-20-21-56-34-7-3-5-29-36(34)41(54)50(40(29)53)33-12-13-35(51)47-39(33)52/h1-11,22,25,33H,12-21,23-24H2,(H,47,51,52)(H2,43,44,45,46). The fourth-order valence-electron chi connectivity index (χ4n) is 7.39. The van der Waals surface area contributed by atoms with Crippen molar-refractivity contribution in [2.75, 3.05) is 57.9 Å². The van der Waals surface area contributed by atoms with E-state index in [0.29, 0.717) is 24.8 Å². The van der Waals surface area contributed by atoms with E-state index in [4.69, 9.17) is 21.1 Å². The summed E-state index contributed by atoms with van der Waals surface area (Å²) in [6.07, 6.45) is 1.72. The molecule has 56 heavy (non-hydrogen) atoms. The van der Waals surface area contributed by atoms with Crippen LogP contribution in [0.2, 0.25) is 5.02 Å². The van der Waals surface area contributed by atoms with Crippen molar-refractivity contribution in [3.8, 4) is 17.0 Å². The Bertz CT molecular complexity index is 2270. The molecule has 2 saturated heterocycles. The number of anilines is 1. The van der Waals surface area contributed by atoms with Gasteiger partial charge in [0, 0.05) is 63.0 Å². The average molecular weight is 777 g/mol. The number of nitrogens with zero attached hydrogens (tertiary/aromatic N) is 5. The van der Waals surface area contributed by atoms with Gasteiger partial charge < -0.3 is 19.8 Å². The first-order valence-corrected chi connectivity index (χ1v) is 19.1. The summed E-state index contributed by atoms with van der Waals surface area (Å²) in [5, 5.41) is 7.25. The molecule has 0 saturated carbocycles. The van der Waals surface area contributed by atoms with E-state index < -0.39 is 29.7 Å². The van der Waals surface area contributed by atoms with Gasteiger partial charge >= 0.3 is 0 Å². The summed E-state index contributed by atoms with van der Waals surface area (Å²) in [4.78, 5) is 68.4. The Morgan fingerprint density at radius 3 is 2.46 bits per heavy atom. The Hall–Kier alpha value is -5.67. The van der Waals surface area contributed by atoms with Crippen molar-refractivity contribution < 1.29 is 28.7 Å². The van der Waals surface area contributed by atoms with Crippen molar-refractivity contribution in [1.82, 2.24) is 35.0 Å². The number of benzene rings is 3. The SMILES string of the molecule is O=C1CCC(N2C(=O)c3cccc(OCCOCCN4CCN(Cc5ccc(-c6cc7c(NCc8ccccc8Cl)ncnc7[nH]6)cc5)CC4)c3C2=O)C(=O)N1. The van der Waals surface area contributed by atoms with Gasteiger partial charge in [0.1, 0.15) is 36.2 Å². The summed E-state index contributed by atoms with van der Waals surface area (Å²) in [6.45, 7) is 7.07. The van der Waals surface area contributed by atoms with E-state index in [2.05, 4.69) is 65.7 Å². The molecule has 2 fully saturated rings. The second-order valence-corrected chi connectivity index (χ2v) is 14.4. The van der Waals surface area contributed by atoms with Gasteiger partial charge in [-0.3, -0.25) is 39.2 Å². The molecule has 0 aliphatic carbocycles. The van der Waals surface area contributed by atoms with Gasteiger partial charge in [0.05, 0.1) is 29.7 Å². The minimum Gasteiger partial charge on any atom is -0.490 e. The maximum Gasteiger partial charge on any atom is 0.266 e. The summed E-state index contributed by atoms with van der Waals surface area (Å²) in [5.74, 6) is -1.20. The molecule has 1 atom stereocenters. The highest BCUT2D eigenvalue weighted by Crippen LogP contribution is 2.34. The first-order valence-electron chi connectivity index (χ1n) is 18.7. The lowest BCUT2D eigenvalue weighted by molar-refractivity contribution is -0.136. The predicted octanol–water partition coefficient (Wildman–Crippen LogP) is 4.50. The Morgan fingerprint density at radius 2 is 1.66 bits per heavy atom. The van der Waals surface area contributed by atoms with Crippen molar-refractivity contribution >= 4 is 52.1 Å². The molecule has 8 rings (SSSR count). The van der Waals surface area contributed by atoms with Crippen molar-refractivity contribution in [1.29, 1.82) is 0 Å². The van der Waals surface area contributed by atoms with E-state index in [1.54, 1.807) is 24.5 Å².